The van der Waals surface area contributed by atoms with Gasteiger partial charge < -0.3 is 9.47 Å². The summed E-state index contributed by atoms with van der Waals surface area (Å²) in [7, 11) is 1.32. The lowest BCUT2D eigenvalue weighted by Crippen LogP contribution is -2.17. The van der Waals surface area contributed by atoms with Crippen LogP contribution in [0.25, 0.3) is 0 Å². The number of methoxy groups -OCH3 is 1. The van der Waals surface area contributed by atoms with Gasteiger partial charge in [0.2, 0.25) is 0 Å². The van der Waals surface area contributed by atoms with Crippen molar-refractivity contribution in [3.8, 4) is 0 Å². The van der Waals surface area contributed by atoms with Gasteiger partial charge in [0, 0.05) is 7.11 Å². The van der Waals surface area contributed by atoms with E-state index >= 15 is 0 Å². The summed E-state index contributed by atoms with van der Waals surface area (Å²) < 4.78 is 22.2. The smallest absolute Gasteiger partial charge is 0.347 e. The maximum absolute atomic E-state index is 12.8. The molecule has 0 saturated carbocycles. The molecule has 1 atom stereocenters. The number of nitrogens with zero attached hydrogens (tertiary/aromatic N) is 1. The number of carbonyl (C=O) groups excluding carboxylic acids is 1. The molecule has 0 heterocycles. The van der Waals surface area contributed by atoms with Crippen molar-refractivity contribution < 1.29 is 23.6 Å². The Kier molecular flexibility index (Phi) is 4.11. The number of hydrogen-bond acceptors (Lipinski definition) is 5. The lowest BCUT2D eigenvalue weighted by molar-refractivity contribution is -0.385. The molecule has 17 heavy (non-hydrogen) atoms. The van der Waals surface area contributed by atoms with E-state index < -0.39 is 28.7 Å². The maximum Gasteiger partial charge on any atom is 0.347 e. The quantitative estimate of drug-likeness (QED) is 0.349. The third-order valence-electron chi connectivity index (χ3n) is 1.98. The molecule has 0 spiro atoms. The van der Waals surface area contributed by atoms with E-state index in [4.69, 9.17) is 4.74 Å². The van der Waals surface area contributed by atoms with E-state index in [-0.39, 0.29) is 5.56 Å². The van der Waals surface area contributed by atoms with Crippen LogP contribution in [0.3, 0.4) is 0 Å². The average Bonchev–Trinajstić information content (AvgIpc) is 2.28. The van der Waals surface area contributed by atoms with Crippen LogP contribution in [0.15, 0.2) is 18.2 Å². The number of ether oxygens (including phenoxy) is 2. The fourth-order valence-corrected chi connectivity index (χ4v) is 1.09. The Labute approximate surface area is 96.1 Å². The van der Waals surface area contributed by atoms with E-state index in [1.54, 1.807) is 0 Å². The number of nitro benzene ring substituents is 1. The van der Waals surface area contributed by atoms with Crippen molar-refractivity contribution in [2.75, 3.05) is 7.11 Å². The Hall–Kier alpha value is -2.02. The van der Waals surface area contributed by atoms with E-state index in [0.717, 1.165) is 12.1 Å². The van der Waals surface area contributed by atoms with Gasteiger partial charge in [-0.25, -0.2) is 9.18 Å². The minimum absolute atomic E-state index is 0.319. The topological polar surface area (TPSA) is 78.7 Å². The van der Waals surface area contributed by atoms with Gasteiger partial charge in [-0.05, 0) is 19.1 Å². The molecule has 1 aromatic rings. The maximum atomic E-state index is 12.8. The number of halogens is 1. The summed E-state index contributed by atoms with van der Waals surface area (Å²) in [6.45, 7) is 1.45. The Balaban J connectivity index is 3.04. The van der Waals surface area contributed by atoms with Gasteiger partial charge in [0.25, 0.3) is 5.69 Å². The van der Waals surface area contributed by atoms with Crippen molar-refractivity contribution in [2.24, 2.45) is 0 Å². The fourth-order valence-electron chi connectivity index (χ4n) is 1.09. The first kappa shape index (κ1) is 13.0. The highest BCUT2D eigenvalue weighted by Crippen LogP contribution is 2.21. The molecular weight excluding hydrogens is 233 g/mol. The first-order valence-electron chi connectivity index (χ1n) is 4.63. The van der Waals surface area contributed by atoms with Crippen LogP contribution in [0.5, 0.6) is 0 Å². The number of nitro groups is 1. The molecule has 0 amide bonds. The van der Waals surface area contributed by atoms with Crippen molar-refractivity contribution in [3.63, 3.8) is 0 Å². The lowest BCUT2D eigenvalue weighted by Gasteiger charge is -2.10. The van der Waals surface area contributed by atoms with E-state index in [0.29, 0.717) is 6.07 Å². The first-order valence-corrected chi connectivity index (χ1v) is 4.63. The average molecular weight is 243 g/mol. The predicted molar refractivity (Wildman–Crippen MR) is 54.9 cm³/mol. The Morgan fingerprint density at radius 2 is 2.18 bits per heavy atom. The largest absolute Gasteiger partial charge is 0.432 e. The highest BCUT2D eigenvalue weighted by atomic mass is 19.1. The second kappa shape index (κ2) is 5.35. The molecule has 6 nitrogen and oxygen atoms in total. The molecule has 0 aliphatic rings. The number of carbonyl (C=O) groups is 1. The summed E-state index contributed by atoms with van der Waals surface area (Å²) in [5, 5.41) is 10.6. The van der Waals surface area contributed by atoms with Crippen molar-refractivity contribution in [3.05, 3.63) is 39.7 Å². The van der Waals surface area contributed by atoms with Crippen LogP contribution >= 0.6 is 0 Å². The van der Waals surface area contributed by atoms with E-state index in [9.17, 15) is 19.3 Å². The first-order chi connectivity index (χ1) is 7.95. The summed E-state index contributed by atoms with van der Waals surface area (Å²) in [5.41, 5.74) is -0.960. The molecule has 1 unspecified atom stereocenters. The normalized spacial score (nSPS) is 11.9. The summed E-state index contributed by atoms with van der Waals surface area (Å²) >= 11 is 0. The zero-order chi connectivity index (χ0) is 13.0. The van der Waals surface area contributed by atoms with Crippen LogP contribution in [0.4, 0.5) is 10.1 Å². The minimum Gasteiger partial charge on any atom is -0.432 e. The molecule has 0 aromatic heterocycles. The van der Waals surface area contributed by atoms with Crippen LogP contribution in [0.1, 0.15) is 17.3 Å². The Morgan fingerprint density at radius 3 is 2.71 bits per heavy atom. The van der Waals surface area contributed by atoms with Crippen molar-refractivity contribution in [1.29, 1.82) is 0 Å². The monoisotopic (exact) mass is 243 g/mol. The molecule has 0 aliphatic carbocycles. The second-order valence-electron chi connectivity index (χ2n) is 3.13. The van der Waals surface area contributed by atoms with Gasteiger partial charge in [-0.1, -0.05) is 0 Å². The number of hydrogen-bond donors (Lipinski definition) is 0. The molecule has 0 fully saturated rings. The minimum atomic E-state index is -0.939. The zero-order valence-corrected chi connectivity index (χ0v) is 9.18. The van der Waals surface area contributed by atoms with Crippen LogP contribution in [0.2, 0.25) is 0 Å². The summed E-state index contributed by atoms with van der Waals surface area (Å²) in [6, 6.07) is 2.60. The van der Waals surface area contributed by atoms with Gasteiger partial charge in [0.05, 0.1) is 11.0 Å². The molecule has 0 radical (unpaired) electrons. The molecule has 0 saturated heterocycles. The lowest BCUT2D eigenvalue weighted by atomic mass is 10.2. The van der Waals surface area contributed by atoms with E-state index in [1.165, 1.54) is 14.0 Å². The van der Waals surface area contributed by atoms with Crippen LogP contribution in [-0.2, 0) is 9.47 Å². The summed E-state index contributed by atoms with van der Waals surface area (Å²) in [5.74, 6) is -1.74. The van der Waals surface area contributed by atoms with Crippen LogP contribution < -0.4 is 0 Å². The molecule has 0 bridgehead atoms. The highest BCUT2D eigenvalue weighted by Gasteiger charge is 2.23. The van der Waals surface area contributed by atoms with Gasteiger partial charge in [-0.2, -0.15) is 0 Å². The Morgan fingerprint density at radius 1 is 1.53 bits per heavy atom. The SMILES string of the molecule is COC(C)OC(=O)c1ccc(F)cc1[N+](=O)[O-]. The molecule has 0 N–H and O–H groups in total. The van der Waals surface area contributed by atoms with Crippen molar-refractivity contribution in [1.82, 2.24) is 0 Å². The van der Waals surface area contributed by atoms with Gasteiger partial charge in [0.1, 0.15) is 11.4 Å². The van der Waals surface area contributed by atoms with Crippen LogP contribution in [0, 0.1) is 15.9 Å². The van der Waals surface area contributed by atoms with Crippen molar-refractivity contribution >= 4 is 11.7 Å². The third-order valence-corrected chi connectivity index (χ3v) is 1.98. The zero-order valence-electron chi connectivity index (χ0n) is 9.18. The van der Waals surface area contributed by atoms with E-state index in [1.807, 2.05) is 0 Å². The fraction of sp³-hybridized carbons (Fsp3) is 0.300. The van der Waals surface area contributed by atoms with Gasteiger partial charge >= 0.3 is 5.97 Å². The Bertz CT molecular complexity index is 448. The number of benzene rings is 1. The van der Waals surface area contributed by atoms with Crippen LogP contribution in [-0.4, -0.2) is 24.3 Å². The summed E-state index contributed by atoms with van der Waals surface area (Å²) in [6.07, 6.45) is -0.841. The highest BCUT2D eigenvalue weighted by molar-refractivity contribution is 5.93. The summed E-state index contributed by atoms with van der Waals surface area (Å²) in [4.78, 5) is 21.3. The molecule has 1 aromatic carbocycles. The van der Waals surface area contributed by atoms with Crippen molar-refractivity contribution in [2.45, 2.75) is 13.2 Å². The molecule has 0 aliphatic heterocycles. The number of rotatable bonds is 4. The van der Waals surface area contributed by atoms with E-state index in [2.05, 4.69) is 4.74 Å². The molecular formula is C10H10FNO5. The number of esters is 1. The molecule has 7 heteroatoms. The third kappa shape index (κ3) is 3.22. The molecule has 92 valence electrons. The molecule has 1 rings (SSSR count). The standard InChI is InChI=1S/C10H10FNO5/c1-6(16-2)17-10(13)8-4-3-7(11)5-9(8)12(14)15/h3-6H,1-2H3. The van der Waals surface area contributed by atoms with Gasteiger partial charge in [-0.3, -0.25) is 10.1 Å². The van der Waals surface area contributed by atoms with Gasteiger partial charge in [-0.15, -0.1) is 0 Å². The second-order valence-corrected chi connectivity index (χ2v) is 3.13. The predicted octanol–water partition coefficient (Wildman–Crippen LogP) is 1.88. The van der Waals surface area contributed by atoms with Gasteiger partial charge in [0.15, 0.2) is 6.29 Å².